The van der Waals surface area contributed by atoms with Crippen LogP contribution in [0.3, 0.4) is 0 Å². The normalized spacial score (nSPS) is 23.1. The van der Waals surface area contributed by atoms with Crippen LogP contribution in [0.5, 0.6) is 0 Å². The second-order valence-corrected chi connectivity index (χ2v) is 3.43. The zero-order valence-electron chi connectivity index (χ0n) is 5.96. The molecule has 1 atom stereocenters. The second-order valence-electron chi connectivity index (χ2n) is 2.49. The van der Waals surface area contributed by atoms with Crippen LogP contribution in [0.25, 0.3) is 0 Å². The lowest BCUT2D eigenvalue weighted by molar-refractivity contribution is 0.417. The molecule has 1 saturated heterocycles. The van der Waals surface area contributed by atoms with Crippen molar-refractivity contribution in [1.29, 1.82) is 0 Å². The Bertz CT molecular complexity index is 225. The number of epoxide rings is 1. The number of rotatable bonds is 2. The Morgan fingerprint density at radius 1 is 1.80 bits per heavy atom. The van der Waals surface area contributed by atoms with Crippen LogP contribution in [0.2, 0.25) is 0 Å². The standard InChI is InChI=1S/C8H10OS/c1-2-6-3-4-10-8(6)7-5-9-7/h3-4,7H,2,5H2,1H3. The van der Waals surface area contributed by atoms with Gasteiger partial charge in [0.1, 0.15) is 6.10 Å². The van der Waals surface area contributed by atoms with Crippen LogP contribution in [0.15, 0.2) is 11.4 Å². The van der Waals surface area contributed by atoms with E-state index in [9.17, 15) is 0 Å². The number of ether oxygens (including phenoxy) is 1. The predicted octanol–water partition coefficient (Wildman–Crippen LogP) is 2.38. The van der Waals surface area contributed by atoms with Crippen molar-refractivity contribution in [3.8, 4) is 0 Å². The van der Waals surface area contributed by atoms with Crippen LogP contribution in [-0.2, 0) is 11.2 Å². The van der Waals surface area contributed by atoms with Gasteiger partial charge in [0, 0.05) is 4.88 Å². The molecular weight excluding hydrogens is 144 g/mol. The molecule has 2 heterocycles. The quantitative estimate of drug-likeness (QED) is 0.596. The SMILES string of the molecule is CCc1ccsc1C1CO1. The summed E-state index contributed by atoms with van der Waals surface area (Å²) in [6, 6.07) is 2.20. The van der Waals surface area contributed by atoms with Crippen molar-refractivity contribution in [3.05, 3.63) is 21.9 Å². The highest BCUT2D eigenvalue weighted by molar-refractivity contribution is 7.10. The van der Waals surface area contributed by atoms with Gasteiger partial charge in [-0.2, -0.15) is 0 Å². The van der Waals surface area contributed by atoms with Gasteiger partial charge >= 0.3 is 0 Å². The highest BCUT2D eigenvalue weighted by atomic mass is 32.1. The van der Waals surface area contributed by atoms with Crippen molar-refractivity contribution < 1.29 is 4.74 Å². The molecule has 0 amide bonds. The van der Waals surface area contributed by atoms with E-state index in [0.717, 1.165) is 13.0 Å². The Kier molecular flexibility index (Phi) is 1.51. The number of aryl methyl sites for hydroxylation is 1. The monoisotopic (exact) mass is 154 g/mol. The van der Waals surface area contributed by atoms with Crippen LogP contribution >= 0.6 is 11.3 Å². The predicted molar refractivity (Wildman–Crippen MR) is 42.4 cm³/mol. The summed E-state index contributed by atoms with van der Waals surface area (Å²) < 4.78 is 5.21. The smallest absolute Gasteiger partial charge is 0.115 e. The third-order valence-electron chi connectivity index (χ3n) is 1.79. The summed E-state index contributed by atoms with van der Waals surface area (Å²) in [5.41, 5.74) is 1.47. The molecule has 1 aliphatic rings. The van der Waals surface area contributed by atoms with Gasteiger partial charge in [0.2, 0.25) is 0 Å². The summed E-state index contributed by atoms with van der Waals surface area (Å²) >= 11 is 1.82. The first-order chi connectivity index (χ1) is 4.92. The van der Waals surface area contributed by atoms with E-state index >= 15 is 0 Å². The summed E-state index contributed by atoms with van der Waals surface area (Å²) in [6.45, 7) is 3.13. The molecule has 0 radical (unpaired) electrons. The van der Waals surface area contributed by atoms with E-state index < -0.39 is 0 Å². The Morgan fingerprint density at radius 3 is 3.20 bits per heavy atom. The summed E-state index contributed by atoms with van der Waals surface area (Å²) in [4.78, 5) is 1.45. The molecule has 0 spiro atoms. The zero-order valence-corrected chi connectivity index (χ0v) is 6.78. The van der Waals surface area contributed by atoms with Crippen molar-refractivity contribution in [2.24, 2.45) is 0 Å². The molecule has 0 bridgehead atoms. The van der Waals surface area contributed by atoms with Gasteiger partial charge < -0.3 is 4.74 Å². The van der Waals surface area contributed by atoms with Crippen LogP contribution < -0.4 is 0 Å². The first-order valence-electron chi connectivity index (χ1n) is 3.59. The molecule has 0 saturated carbocycles. The van der Waals surface area contributed by atoms with Gasteiger partial charge in [-0.25, -0.2) is 0 Å². The Labute approximate surface area is 64.6 Å². The summed E-state index contributed by atoms with van der Waals surface area (Å²) in [7, 11) is 0. The molecule has 1 unspecified atom stereocenters. The zero-order chi connectivity index (χ0) is 6.97. The van der Waals surface area contributed by atoms with Gasteiger partial charge in [-0.1, -0.05) is 6.92 Å². The number of hydrogen-bond donors (Lipinski definition) is 0. The first-order valence-corrected chi connectivity index (χ1v) is 4.47. The molecule has 0 N–H and O–H groups in total. The Morgan fingerprint density at radius 2 is 2.60 bits per heavy atom. The largest absolute Gasteiger partial charge is 0.367 e. The maximum atomic E-state index is 5.21. The minimum absolute atomic E-state index is 0.454. The molecule has 2 heteroatoms. The van der Waals surface area contributed by atoms with Crippen LogP contribution in [0.1, 0.15) is 23.5 Å². The Hall–Kier alpha value is -0.340. The number of thiophene rings is 1. The van der Waals surface area contributed by atoms with Crippen LogP contribution in [-0.4, -0.2) is 6.61 Å². The van der Waals surface area contributed by atoms with Gasteiger partial charge in [-0.05, 0) is 23.4 Å². The lowest BCUT2D eigenvalue weighted by Gasteiger charge is -1.93. The summed E-state index contributed by atoms with van der Waals surface area (Å²) in [5.74, 6) is 0. The number of hydrogen-bond acceptors (Lipinski definition) is 2. The van der Waals surface area contributed by atoms with Gasteiger partial charge in [0.05, 0.1) is 6.61 Å². The maximum Gasteiger partial charge on any atom is 0.115 e. The molecule has 10 heavy (non-hydrogen) atoms. The van der Waals surface area contributed by atoms with E-state index in [4.69, 9.17) is 4.74 Å². The highest BCUT2D eigenvalue weighted by Gasteiger charge is 2.27. The van der Waals surface area contributed by atoms with Gasteiger partial charge in [-0.15, -0.1) is 11.3 Å². The van der Waals surface area contributed by atoms with Crippen molar-refractivity contribution >= 4 is 11.3 Å². The molecular formula is C8H10OS. The minimum atomic E-state index is 0.454. The molecule has 0 aliphatic carbocycles. The third kappa shape index (κ3) is 0.976. The molecule has 1 aliphatic heterocycles. The van der Waals surface area contributed by atoms with Crippen LogP contribution in [0.4, 0.5) is 0 Å². The fraction of sp³-hybridized carbons (Fsp3) is 0.500. The van der Waals surface area contributed by atoms with Crippen molar-refractivity contribution in [1.82, 2.24) is 0 Å². The lowest BCUT2D eigenvalue weighted by Crippen LogP contribution is -1.81. The van der Waals surface area contributed by atoms with Gasteiger partial charge in [0.25, 0.3) is 0 Å². The molecule has 2 rings (SSSR count). The van der Waals surface area contributed by atoms with Crippen LogP contribution in [0, 0.1) is 0 Å². The van der Waals surface area contributed by atoms with Crippen molar-refractivity contribution in [2.45, 2.75) is 19.4 Å². The first kappa shape index (κ1) is 6.38. The summed E-state index contributed by atoms with van der Waals surface area (Å²) in [5, 5.41) is 2.15. The molecule has 1 fully saturated rings. The van der Waals surface area contributed by atoms with Crippen molar-refractivity contribution in [2.75, 3.05) is 6.61 Å². The van der Waals surface area contributed by atoms with E-state index in [1.165, 1.54) is 10.4 Å². The average molecular weight is 154 g/mol. The Balaban J connectivity index is 2.28. The van der Waals surface area contributed by atoms with Gasteiger partial charge in [-0.3, -0.25) is 0 Å². The average Bonchev–Trinajstić information content (AvgIpc) is 2.69. The van der Waals surface area contributed by atoms with E-state index in [2.05, 4.69) is 18.4 Å². The fourth-order valence-corrected chi connectivity index (χ4v) is 2.15. The van der Waals surface area contributed by atoms with E-state index in [-0.39, 0.29) is 0 Å². The molecule has 1 aromatic rings. The minimum Gasteiger partial charge on any atom is -0.367 e. The fourth-order valence-electron chi connectivity index (χ4n) is 1.12. The van der Waals surface area contributed by atoms with E-state index in [1.54, 1.807) is 0 Å². The molecule has 1 nitrogen and oxygen atoms in total. The molecule has 54 valence electrons. The highest BCUT2D eigenvalue weighted by Crippen LogP contribution is 2.36. The third-order valence-corrected chi connectivity index (χ3v) is 2.84. The molecule has 1 aromatic heterocycles. The van der Waals surface area contributed by atoms with E-state index in [0.29, 0.717) is 6.10 Å². The summed E-state index contributed by atoms with van der Waals surface area (Å²) in [6.07, 6.45) is 1.59. The molecule has 0 aromatic carbocycles. The maximum absolute atomic E-state index is 5.21. The van der Waals surface area contributed by atoms with E-state index in [1.807, 2.05) is 11.3 Å². The lowest BCUT2D eigenvalue weighted by atomic mass is 10.2. The van der Waals surface area contributed by atoms with Gasteiger partial charge in [0.15, 0.2) is 0 Å². The second kappa shape index (κ2) is 2.36. The van der Waals surface area contributed by atoms with Crippen molar-refractivity contribution in [3.63, 3.8) is 0 Å². The topological polar surface area (TPSA) is 12.5 Å².